The second-order valence-electron chi connectivity index (χ2n) is 3.87. The highest BCUT2D eigenvalue weighted by molar-refractivity contribution is 6.56. The molecule has 0 aromatic rings. The van der Waals surface area contributed by atoms with Gasteiger partial charge >= 0.3 is 11.9 Å². The molecular formula is C10H8Cl2O3. The minimum atomic E-state index is -0.857. The van der Waals surface area contributed by atoms with E-state index >= 15 is 0 Å². The average molecular weight is 247 g/mol. The van der Waals surface area contributed by atoms with Crippen molar-refractivity contribution in [3.8, 4) is 0 Å². The lowest BCUT2D eigenvalue weighted by Crippen LogP contribution is -2.31. The van der Waals surface area contributed by atoms with E-state index in [2.05, 4.69) is 4.74 Å². The summed E-state index contributed by atoms with van der Waals surface area (Å²) in [4.78, 5) is 22.8. The molecule has 0 bridgehead atoms. The normalized spacial score (nSPS) is 34.1. The fraction of sp³-hybridized carbons (Fsp3) is 0.400. The van der Waals surface area contributed by atoms with Crippen LogP contribution >= 0.6 is 23.2 Å². The van der Waals surface area contributed by atoms with Gasteiger partial charge < -0.3 is 4.74 Å². The molecule has 1 saturated heterocycles. The number of halogens is 2. The fourth-order valence-corrected chi connectivity index (χ4v) is 2.12. The van der Waals surface area contributed by atoms with Crippen molar-refractivity contribution in [1.29, 1.82) is 0 Å². The first kappa shape index (κ1) is 10.7. The first-order valence-corrected chi connectivity index (χ1v) is 5.20. The highest BCUT2D eigenvalue weighted by Gasteiger charge is 2.54. The molecule has 2 rings (SSSR count). The summed E-state index contributed by atoms with van der Waals surface area (Å²) >= 11 is 11.3. The van der Waals surface area contributed by atoms with E-state index in [0.29, 0.717) is 12.0 Å². The molecule has 0 amide bonds. The van der Waals surface area contributed by atoms with Crippen molar-refractivity contribution in [2.24, 2.45) is 11.3 Å². The van der Waals surface area contributed by atoms with Crippen LogP contribution in [0.4, 0.5) is 0 Å². The van der Waals surface area contributed by atoms with Gasteiger partial charge in [-0.05, 0) is 18.9 Å². The van der Waals surface area contributed by atoms with E-state index in [1.807, 2.05) is 0 Å². The largest absolute Gasteiger partial charge is 0.392 e. The van der Waals surface area contributed by atoms with E-state index in [-0.39, 0.29) is 4.49 Å². The van der Waals surface area contributed by atoms with Gasteiger partial charge in [0.2, 0.25) is 0 Å². The highest BCUT2D eigenvalue weighted by atomic mass is 35.5. The lowest BCUT2D eigenvalue weighted by Gasteiger charge is -2.25. The van der Waals surface area contributed by atoms with Crippen LogP contribution in [0.5, 0.6) is 0 Å². The first-order valence-electron chi connectivity index (χ1n) is 4.44. The molecule has 0 aromatic carbocycles. The van der Waals surface area contributed by atoms with Gasteiger partial charge in [0, 0.05) is 0 Å². The molecule has 15 heavy (non-hydrogen) atoms. The SMILES string of the molecule is CC12C=CC(=C(Cl)Cl)CC1C(=O)OC2=O. The molecule has 0 aromatic heterocycles. The minimum Gasteiger partial charge on any atom is -0.392 e. The molecular weight excluding hydrogens is 239 g/mol. The third-order valence-corrected chi connectivity index (χ3v) is 3.42. The summed E-state index contributed by atoms with van der Waals surface area (Å²) in [6.07, 6.45) is 3.65. The molecule has 0 radical (unpaired) electrons. The summed E-state index contributed by atoms with van der Waals surface area (Å²) in [7, 11) is 0. The zero-order chi connectivity index (χ0) is 11.2. The Bertz CT molecular complexity index is 407. The van der Waals surface area contributed by atoms with E-state index in [1.54, 1.807) is 19.1 Å². The maximum atomic E-state index is 11.4. The maximum Gasteiger partial charge on any atom is 0.324 e. The van der Waals surface area contributed by atoms with Gasteiger partial charge in [0.15, 0.2) is 0 Å². The highest BCUT2D eigenvalue weighted by Crippen LogP contribution is 2.45. The van der Waals surface area contributed by atoms with Gasteiger partial charge in [-0.1, -0.05) is 35.4 Å². The van der Waals surface area contributed by atoms with Crippen LogP contribution in [-0.4, -0.2) is 11.9 Å². The smallest absolute Gasteiger partial charge is 0.324 e. The van der Waals surface area contributed by atoms with Crippen molar-refractivity contribution in [3.05, 3.63) is 22.2 Å². The number of cyclic esters (lactones) is 2. The lowest BCUT2D eigenvalue weighted by molar-refractivity contribution is -0.154. The Labute approximate surface area is 96.7 Å². The summed E-state index contributed by atoms with van der Waals surface area (Å²) in [5.41, 5.74) is -0.198. The summed E-state index contributed by atoms with van der Waals surface area (Å²) in [5.74, 6) is -1.50. The Morgan fingerprint density at radius 1 is 1.53 bits per heavy atom. The number of esters is 2. The predicted molar refractivity (Wildman–Crippen MR) is 55.2 cm³/mol. The van der Waals surface area contributed by atoms with Crippen LogP contribution in [0.2, 0.25) is 0 Å². The third kappa shape index (κ3) is 1.50. The predicted octanol–water partition coefficient (Wildman–Crippen LogP) is 2.34. The molecule has 1 heterocycles. The molecule has 0 saturated carbocycles. The van der Waals surface area contributed by atoms with Crippen LogP contribution in [0.25, 0.3) is 0 Å². The van der Waals surface area contributed by atoms with Crippen LogP contribution < -0.4 is 0 Å². The number of hydrogen-bond donors (Lipinski definition) is 0. The van der Waals surface area contributed by atoms with Crippen molar-refractivity contribution in [2.45, 2.75) is 13.3 Å². The van der Waals surface area contributed by atoms with E-state index in [4.69, 9.17) is 23.2 Å². The molecule has 0 N–H and O–H groups in total. The Morgan fingerprint density at radius 2 is 2.20 bits per heavy atom. The second-order valence-corrected chi connectivity index (χ2v) is 4.82. The fourth-order valence-electron chi connectivity index (χ4n) is 1.84. The maximum absolute atomic E-state index is 11.4. The molecule has 2 atom stereocenters. The number of carbonyl (C=O) groups is 2. The Morgan fingerprint density at radius 3 is 2.80 bits per heavy atom. The van der Waals surface area contributed by atoms with Gasteiger partial charge in [-0.3, -0.25) is 9.59 Å². The Hall–Kier alpha value is -0.800. The summed E-state index contributed by atoms with van der Waals surface area (Å²) in [5, 5.41) is 0. The molecule has 2 unspecified atom stereocenters. The van der Waals surface area contributed by atoms with E-state index in [0.717, 1.165) is 0 Å². The van der Waals surface area contributed by atoms with E-state index in [1.165, 1.54) is 0 Å². The van der Waals surface area contributed by atoms with E-state index in [9.17, 15) is 9.59 Å². The summed E-state index contributed by atoms with van der Waals surface area (Å²) in [6.45, 7) is 1.68. The van der Waals surface area contributed by atoms with Crippen molar-refractivity contribution < 1.29 is 14.3 Å². The number of rotatable bonds is 0. The molecule has 3 nitrogen and oxygen atoms in total. The molecule has 1 aliphatic heterocycles. The summed E-state index contributed by atoms with van der Waals surface area (Å²) in [6, 6.07) is 0. The molecule has 0 spiro atoms. The van der Waals surface area contributed by atoms with Crippen LogP contribution in [0.3, 0.4) is 0 Å². The molecule has 1 fully saturated rings. The monoisotopic (exact) mass is 246 g/mol. The van der Waals surface area contributed by atoms with Crippen molar-refractivity contribution >= 4 is 35.1 Å². The van der Waals surface area contributed by atoms with Crippen molar-refractivity contribution in [2.75, 3.05) is 0 Å². The van der Waals surface area contributed by atoms with Crippen LogP contribution in [0, 0.1) is 11.3 Å². The standard InChI is InChI=1S/C10H8Cl2O3/c1-10-3-2-5(7(11)12)4-6(10)8(13)15-9(10)14/h2-3,6H,4H2,1H3. The van der Waals surface area contributed by atoms with Gasteiger partial charge in [-0.15, -0.1) is 0 Å². The van der Waals surface area contributed by atoms with Crippen molar-refractivity contribution in [3.63, 3.8) is 0 Å². The summed E-state index contributed by atoms with van der Waals surface area (Å²) < 4.78 is 4.73. The number of carbonyl (C=O) groups excluding carboxylic acids is 2. The lowest BCUT2D eigenvalue weighted by atomic mass is 9.72. The zero-order valence-corrected chi connectivity index (χ0v) is 9.43. The number of hydrogen-bond acceptors (Lipinski definition) is 3. The average Bonchev–Trinajstić information content (AvgIpc) is 2.38. The van der Waals surface area contributed by atoms with Gasteiger partial charge in [0.05, 0.1) is 11.3 Å². The quantitative estimate of drug-likeness (QED) is 0.487. The van der Waals surface area contributed by atoms with Crippen LogP contribution in [0.15, 0.2) is 22.2 Å². The van der Waals surface area contributed by atoms with Gasteiger partial charge in [0.1, 0.15) is 4.49 Å². The first-order chi connectivity index (χ1) is 6.95. The second kappa shape index (κ2) is 3.35. The third-order valence-electron chi connectivity index (χ3n) is 2.94. The molecule has 1 aliphatic carbocycles. The molecule has 80 valence electrons. The Kier molecular flexibility index (Phi) is 2.40. The number of allylic oxidation sites excluding steroid dienone is 2. The number of ether oxygens (including phenoxy) is 1. The Balaban J connectivity index is 2.46. The topological polar surface area (TPSA) is 43.4 Å². The zero-order valence-electron chi connectivity index (χ0n) is 7.92. The van der Waals surface area contributed by atoms with Gasteiger partial charge in [0.25, 0.3) is 0 Å². The van der Waals surface area contributed by atoms with Crippen LogP contribution in [-0.2, 0) is 14.3 Å². The molecule has 2 aliphatic rings. The number of fused-ring (bicyclic) bond motifs is 1. The molecule has 5 heteroatoms. The minimum absolute atomic E-state index is 0.125. The van der Waals surface area contributed by atoms with Gasteiger partial charge in [-0.2, -0.15) is 0 Å². The van der Waals surface area contributed by atoms with E-state index < -0.39 is 23.3 Å². The van der Waals surface area contributed by atoms with Crippen molar-refractivity contribution in [1.82, 2.24) is 0 Å². The van der Waals surface area contributed by atoms with Gasteiger partial charge in [-0.25, -0.2) is 0 Å². The van der Waals surface area contributed by atoms with Crippen LogP contribution in [0.1, 0.15) is 13.3 Å².